The highest BCUT2D eigenvalue weighted by Gasteiger charge is 2.30. The van der Waals surface area contributed by atoms with Crippen LogP contribution in [0, 0.1) is 23.1 Å². The Hall–Kier alpha value is -2.30. The number of rotatable bonds is 5. The SMILES string of the molecule is N#C[C@@H](C(=O)NC[C@@H]1CCCO1)C(=O)c1cc2c(F)cccc2s1. The molecule has 0 aliphatic carbocycles. The van der Waals surface area contributed by atoms with Crippen molar-refractivity contribution in [1.29, 1.82) is 5.26 Å². The summed E-state index contributed by atoms with van der Waals surface area (Å²) in [4.78, 5) is 24.8. The zero-order valence-corrected chi connectivity index (χ0v) is 13.6. The van der Waals surface area contributed by atoms with E-state index >= 15 is 0 Å². The van der Waals surface area contributed by atoms with Crippen LogP contribution in [0.4, 0.5) is 4.39 Å². The fraction of sp³-hybridized carbons (Fsp3) is 0.353. The highest BCUT2D eigenvalue weighted by Crippen LogP contribution is 2.29. The number of carbonyl (C=O) groups is 2. The Kier molecular flexibility index (Phi) is 4.88. The van der Waals surface area contributed by atoms with E-state index in [1.807, 2.05) is 0 Å². The molecular formula is C17H15FN2O3S. The highest BCUT2D eigenvalue weighted by molar-refractivity contribution is 7.20. The Morgan fingerprint density at radius 1 is 1.50 bits per heavy atom. The largest absolute Gasteiger partial charge is 0.376 e. The molecule has 1 aliphatic heterocycles. The number of ether oxygens (including phenoxy) is 1. The summed E-state index contributed by atoms with van der Waals surface area (Å²) in [6.07, 6.45) is 1.72. The second kappa shape index (κ2) is 7.07. The molecule has 1 fully saturated rings. The van der Waals surface area contributed by atoms with Gasteiger partial charge in [0.2, 0.25) is 5.91 Å². The fourth-order valence-electron chi connectivity index (χ4n) is 2.65. The molecule has 1 aromatic carbocycles. The van der Waals surface area contributed by atoms with E-state index in [-0.39, 0.29) is 17.5 Å². The van der Waals surface area contributed by atoms with E-state index in [4.69, 9.17) is 4.74 Å². The maximum atomic E-state index is 13.7. The summed E-state index contributed by atoms with van der Waals surface area (Å²) >= 11 is 1.08. The molecule has 0 spiro atoms. The number of hydrogen-bond acceptors (Lipinski definition) is 5. The van der Waals surface area contributed by atoms with E-state index in [0.29, 0.717) is 16.7 Å². The lowest BCUT2D eigenvalue weighted by Gasteiger charge is -2.12. The normalized spacial score (nSPS) is 18.2. The van der Waals surface area contributed by atoms with Crippen molar-refractivity contribution < 1.29 is 18.7 Å². The molecule has 2 heterocycles. The Morgan fingerprint density at radius 3 is 3.00 bits per heavy atom. The van der Waals surface area contributed by atoms with Gasteiger partial charge in [-0.25, -0.2) is 4.39 Å². The first-order valence-electron chi connectivity index (χ1n) is 7.61. The minimum absolute atomic E-state index is 0.0678. The molecule has 1 N–H and O–H groups in total. The van der Waals surface area contributed by atoms with Gasteiger partial charge < -0.3 is 10.1 Å². The molecule has 0 unspecified atom stereocenters. The molecule has 1 aromatic heterocycles. The first kappa shape index (κ1) is 16.6. The number of thiophene rings is 1. The van der Waals surface area contributed by atoms with E-state index in [1.165, 1.54) is 12.1 Å². The van der Waals surface area contributed by atoms with Crippen LogP contribution in [0.3, 0.4) is 0 Å². The average Bonchev–Trinajstić information content (AvgIpc) is 3.23. The van der Waals surface area contributed by atoms with Crippen molar-refractivity contribution in [2.45, 2.75) is 18.9 Å². The number of hydrogen-bond donors (Lipinski definition) is 1. The van der Waals surface area contributed by atoms with Crippen LogP contribution in [-0.2, 0) is 9.53 Å². The molecule has 2 aromatic rings. The van der Waals surface area contributed by atoms with Gasteiger partial charge in [0.05, 0.1) is 17.1 Å². The Balaban J connectivity index is 1.73. The number of carbonyl (C=O) groups excluding carboxylic acids is 2. The maximum absolute atomic E-state index is 13.7. The third kappa shape index (κ3) is 3.30. The van der Waals surface area contributed by atoms with E-state index < -0.39 is 23.4 Å². The third-order valence-corrected chi connectivity index (χ3v) is 5.05. The molecule has 124 valence electrons. The number of nitrogens with one attached hydrogen (secondary N) is 1. The smallest absolute Gasteiger partial charge is 0.245 e. The molecule has 0 radical (unpaired) electrons. The number of nitrogens with zero attached hydrogens (tertiary/aromatic N) is 1. The van der Waals surface area contributed by atoms with E-state index in [2.05, 4.69) is 5.32 Å². The Bertz CT molecular complexity index is 821. The van der Waals surface area contributed by atoms with Crippen LogP contribution in [0.15, 0.2) is 24.3 Å². The number of Topliss-reactive ketones (excluding diaryl/α,β-unsaturated/α-hetero) is 1. The number of ketones is 1. The summed E-state index contributed by atoms with van der Waals surface area (Å²) in [5.74, 6) is -3.12. The van der Waals surface area contributed by atoms with E-state index in [0.717, 1.165) is 24.2 Å². The second-order valence-electron chi connectivity index (χ2n) is 5.57. The van der Waals surface area contributed by atoms with Gasteiger partial charge in [-0.3, -0.25) is 9.59 Å². The lowest BCUT2D eigenvalue weighted by molar-refractivity contribution is -0.122. The van der Waals surface area contributed by atoms with Gasteiger partial charge in [0.25, 0.3) is 0 Å². The van der Waals surface area contributed by atoms with Gasteiger partial charge in [-0.2, -0.15) is 5.26 Å². The Labute approximate surface area is 142 Å². The van der Waals surface area contributed by atoms with Gasteiger partial charge >= 0.3 is 0 Å². The quantitative estimate of drug-likeness (QED) is 0.667. The second-order valence-corrected chi connectivity index (χ2v) is 6.65. The number of halogens is 1. The minimum atomic E-state index is -1.44. The van der Waals surface area contributed by atoms with Crippen LogP contribution in [0.25, 0.3) is 10.1 Å². The maximum Gasteiger partial charge on any atom is 0.245 e. The molecular weight excluding hydrogens is 331 g/mol. The summed E-state index contributed by atoms with van der Waals surface area (Å²) in [5.41, 5.74) is 0. The first-order valence-corrected chi connectivity index (χ1v) is 8.43. The van der Waals surface area contributed by atoms with Crippen molar-refractivity contribution in [2.75, 3.05) is 13.2 Å². The third-order valence-electron chi connectivity index (χ3n) is 3.93. The topological polar surface area (TPSA) is 79.2 Å². The molecule has 5 nitrogen and oxygen atoms in total. The number of amides is 1. The van der Waals surface area contributed by atoms with Crippen molar-refractivity contribution in [2.24, 2.45) is 5.92 Å². The van der Waals surface area contributed by atoms with Crippen LogP contribution in [-0.4, -0.2) is 30.9 Å². The van der Waals surface area contributed by atoms with E-state index in [9.17, 15) is 19.2 Å². The molecule has 0 saturated carbocycles. The van der Waals surface area contributed by atoms with Crippen molar-refractivity contribution >= 4 is 33.1 Å². The average molecular weight is 346 g/mol. The molecule has 1 aliphatic rings. The van der Waals surface area contributed by atoms with Crippen LogP contribution in [0.1, 0.15) is 22.5 Å². The Morgan fingerprint density at radius 2 is 2.33 bits per heavy atom. The summed E-state index contributed by atoms with van der Waals surface area (Å²) < 4.78 is 19.7. The highest BCUT2D eigenvalue weighted by atomic mass is 32.1. The van der Waals surface area contributed by atoms with Gasteiger partial charge in [0.1, 0.15) is 5.82 Å². The summed E-state index contributed by atoms with van der Waals surface area (Å²) in [5, 5.41) is 12.1. The van der Waals surface area contributed by atoms with Crippen LogP contribution < -0.4 is 5.32 Å². The van der Waals surface area contributed by atoms with Gasteiger partial charge in [-0.15, -0.1) is 11.3 Å². The van der Waals surface area contributed by atoms with Crippen molar-refractivity contribution in [3.63, 3.8) is 0 Å². The van der Waals surface area contributed by atoms with Gasteiger partial charge in [-0.05, 0) is 31.0 Å². The number of nitriles is 1. The summed E-state index contributed by atoms with van der Waals surface area (Å²) in [6.45, 7) is 0.944. The van der Waals surface area contributed by atoms with Crippen molar-refractivity contribution in [3.05, 3.63) is 35.0 Å². The van der Waals surface area contributed by atoms with Gasteiger partial charge in [0.15, 0.2) is 11.7 Å². The molecule has 0 bridgehead atoms. The van der Waals surface area contributed by atoms with E-state index in [1.54, 1.807) is 18.2 Å². The summed E-state index contributed by atoms with van der Waals surface area (Å²) in [7, 11) is 0. The van der Waals surface area contributed by atoms with Gasteiger partial charge in [-0.1, -0.05) is 6.07 Å². The zero-order valence-electron chi connectivity index (χ0n) is 12.8. The lowest BCUT2D eigenvalue weighted by Crippen LogP contribution is -2.38. The predicted molar refractivity (Wildman–Crippen MR) is 87.2 cm³/mol. The number of fused-ring (bicyclic) bond motifs is 1. The summed E-state index contributed by atoms with van der Waals surface area (Å²) in [6, 6.07) is 7.70. The molecule has 2 atom stereocenters. The standard InChI is InChI=1S/C17H15FN2O3S/c18-13-4-1-5-14-11(13)7-15(24-14)16(21)12(8-19)17(22)20-9-10-3-2-6-23-10/h1,4-5,7,10,12H,2-3,6,9H2,(H,20,22)/t10-,12+/m0/s1. The lowest BCUT2D eigenvalue weighted by atomic mass is 10.0. The van der Waals surface area contributed by atoms with Crippen molar-refractivity contribution in [3.8, 4) is 6.07 Å². The van der Waals surface area contributed by atoms with Gasteiger partial charge in [0, 0.05) is 23.2 Å². The monoisotopic (exact) mass is 346 g/mol. The molecule has 24 heavy (non-hydrogen) atoms. The van der Waals surface area contributed by atoms with Crippen LogP contribution in [0.2, 0.25) is 0 Å². The zero-order chi connectivity index (χ0) is 17.1. The first-order chi connectivity index (χ1) is 11.6. The number of benzene rings is 1. The molecule has 3 rings (SSSR count). The van der Waals surface area contributed by atoms with Crippen LogP contribution >= 0.6 is 11.3 Å². The minimum Gasteiger partial charge on any atom is -0.376 e. The fourth-order valence-corrected chi connectivity index (χ4v) is 3.69. The molecule has 1 saturated heterocycles. The van der Waals surface area contributed by atoms with Crippen molar-refractivity contribution in [1.82, 2.24) is 5.32 Å². The van der Waals surface area contributed by atoms with Crippen LogP contribution in [0.5, 0.6) is 0 Å². The molecule has 7 heteroatoms. The predicted octanol–water partition coefficient (Wildman–Crippen LogP) is 2.66. The molecule has 1 amide bonds.